The molecule has 2 aromatic carbocycles. The minimum absolute atomic E-state index is 0. The summed E-state index contributed by atoms with van der Waals surface area (Å²) in [6, 6.07) is 11.2. The first kappa shape index (κ1) is 29.9. The van der Waals surface area contributed by atoms with Gasteiger partial charge in [0.1, 0.15) is 12.4 Å². The van der Waals surface area contributed by atoms with E-state index in [-0.39, 0.29) is 48.8 Å². The number of hydrogen-bond donors (Lipinski definition) is 3. The second-order valence-corrected chi connectivity index (χ2v) is 8.67. The van der Waals surface area contributed by atoms with Crippen LogP contribution in [0.1, 0.15) is 38.0 Å². The van der Waals surface area contributed by atoms with Gasteiger partial charge in [0.15, 0.2) is 11.6 Å². The predicted molar refractivity (Wildman–Crippen MR) is 146 cm³/mol. The van der Waals surface area contributed by atoms with Crippen LogP contribution in [-0.4, -0.2) is 30.9 Å². The van der Waals surface area contributed by atoms with Gasteiger partial charge in [0.05, 0.1) is 11.1 Å². The van der Waals surface area contributed by atoms with Gasteiger partial charge in [-0.15, -0.1) is 6.42 Å². The molecule has 36 heavy (non-hydrogen) atoms. The van der Waals surface area contributed by atoms with Crippen molar-refractivity contribution in [2.45, 2.75) is 40.0 Å². The van der Waals surface area contributed by atoms with Gasteiger partial charge in [-0.25, -0.2) is 22.5 Å². The second kappa shape index (κ2) is 13.1. The van der Waals surface area contributed by atoms with Crippen LogP contribution in [0.4, 0.5) is 27.5 Å². The summed E-state index contributed by atoms with van der Waals surface area (Å²) in [4.78, 5) is 19.5. The maximum absolute atomic E-state index is 14.3. The fourth-order valence-corrected chi connectivity index (χ4v) is 4.11. The van der Waals surface area contributed by atoms with Gasteiger partial charge < -0.3 is 15.4 Å². The molecule has 0 fully saturated rings. The van der Waals surface area contributed by atoms with E-state index in [9.17, 15) is 17.6 Å². The number of hydrogen-bond acceptors (Lipinski definition) is 8. The van der Waals surface area contributed by atoms with Crippen LogP contribution in [-0.2, 0) is 14.8 Å². The Morgan fingerprint density at radius 3 is 2.44 bits per heavy atom. The van der Waals surface area contributed by atoms with Gasteiger partial charge >= 0.3 is 0 Å². The van der Waals surface area contributed by atoms with Crippen LogP contribution in [0.15, 0.2) is 53.6 Å². The summed E-state index contributed by atoms with van der Waals surface area (Å²) in [5, 5.41) is 5.70. The zero-order chi connectivity index (χ0) is 24.7. The molecular weight excluding hydrogens is 485 g/mol. The smallest absolute Gasteiger partial charge is 0.264 e. The maximum atomic E-state index is 14.3. The van der Waals surface area contributed by atoms with Crippen molar-refractivity contribution in [2.24, 2.45) is 0 Å². The number of aromatic nitrogens is 2. The van der Waals surface area contributed by atoms with Gasteiger partial charge in [0.2, 0.25) is 11.9 Å². The Morgan fingerprint density at radius 2 is 1.81 bits per heavy atom. The lowest BCUT2D eigenvalue weighted by Gasteiger charge is -2.13. The molecule has 0 aliphatic carbocycles. The summed E-state index contributed by atoms with van der Waals surface area (Å²) in [5.41, 5.74) is 1.33. The molecule has 1 aromatic heterocycles. The van der Waals surface area contributed by atoms with E-state index in [2.05, 4.69) is 26.5 Å². The number of aryl methyl sites for hydroxylation is 1. The molecule has 0 radical (unpaired) electrons. The van der Waals surface area contributed by atoms with Crippen LogP contribution in [0.5, 0.6) is 5.75 Å². The van der Waals surface area contributed by atoms with Crippen molar-refractivity contribution >= 4 is 39.1 Å². The quantitative estimate of drug-likeness (QED) is 0.309. The largest absolute Gasteiger partial charge is 0.481 e. The molecule has 9 nitrogen and oxygen atoms in total. The van der Waals surface area contributed by atoms with Crippen LogP contribution < -0.4 is 20.1 Å². The summed E-state index contributed by atoms with van der Waals surface area (Å²) in [7, 11) is -4.06. The van der Waals surface area contributed by atoms with Gasteiger partial charge in [0.25, 0.3) is 10.0 Å². The first-order valence-corrected chi connectivity index (χ1v) is 11.6. The lowest BCUT2D eigenvalue weighted by atomic mass is 10.2. The second-order valence-electron chi connectivity index (χ2n) is 7.02. The zero-order valence-electron chi connectivity index (χ0n) is 18.4. The number of nitrogens with zero attached hydrogens (tertiary/aromatic N) is 2. The molecule has 198 valence electrons. The Kier molecular flexibility index (Phi) is 10.8. The van der Waals surface area contributed by atoms with Crippen LogP contribution in [0.25, 0.3) is 0 Å². The van der Waals surface area contributed by atoms with Crippen LogP contribution in [0, 0.1) is 25.1 Å². The average molecular weight is 522 g/mol. The maximum Gasteiger partial charge on any atom is 0.264 e. The van der Waals surface area contributed by atoms with Crippen molar-refractivity contribution in [2.75, 3.05) is 17.2 Å². The number of sulfonamides is 1. The number of carbonyl (C=O) groups excluding carboxylic acids is 1. The lowest BCUT2D eigenvalue weighted by Crippen LogP contribution is -2.30. The number of amides is 1. The number of ether oxygens (including phenoxy) is 1. The highest BCUT2D eigenvalue weighted by Gasteiger charge is 2.20. The van der Waals surface area contributed by atoms with E-state index in [1.165, 1.54) is 6.07 Å². The van der Waals surface area contributed by atoms with Gasteiger partial charge in [0, 0.05) is 22.1 Å². The minimum atomic E-state index is -4.06. The number of anilines is 4. The standard InChI is InChI=1S/C23H22FN5O4S.2CH4.3H2/c1-4-12-33-18-10-8-16(9-11-18)26-22-19(24)14-25-23(28-22)27-17-7-6-15(3)20(13-17)34(31,32)29-21(30)5-2;;;;;/h1,6-11,13-14H,5,12H2,2-3H3,(H,29,30)(H2,25,26,27,28);2*1H4;3*1H. The first-order valence-electron chi connectivity index (χ1n) is 10.1. The number of terminal acetylenes is 1. The van der Waals surface area contributed by atoms with E-state index in [1.54, 1.807) is 50.2 Å². The number of halogens is 1. The zero-order valence-corrected chi connectivity index (χ0v) is 19.2. The van der Waals surface area contributed by atoms with E-state index in [1.807, 2.05) is 4.72 Å². The van der Waals surface area contributed by atoms with Crippen molar-refractivity contribution in [1.82, 2.24) is 14.7 Å². The number of nitrogens with one attached hydrogen (secondary N) is 3. The summed E-state index contributed by atoms with van der Waals surface area (Å²) in [6.07, 6.45) is 6.17. The van der Waals surface area contributed by atoms with Crippen LogP contribution >= 0.6 is 0 Å². The molecular formula is C25H36FN5O4S. The molecule has 3 aromatic rings. The number of carbonyl (C=O) groups is 1. The van der Waals surface area contributed by atoms with Crippen molar-refractivity contribution in [3.63, 3.8) is 0 Å². The molecule has 3 N–H and O–H groups in total. The van der Waals surface area contributed by atoms with Gasteiger partial charge in [-0.2, -0.15) is 4.98 Å². The van der Waals surface area contributed by atoms with Gasteiger partial charge in [-0.1, -0.05) is 33.8 Å². The Hall–Kier alpha value is -4.17. The average Bonchev–Trinajstić information content (AvgIpc) is 2.81. The fraction of sp³-hybridized carbons (Fsp3) is 0.240. The molecule has 1 amide bonds. The lowest BCUT2D eigenvalue weighted by molar-refractivity contribution is -0.119. The summed E-state index contributed by atoms with van der Waals surface area (Å²) >= 11 is 0. The monoisotopic (exact) mass is 521 g/mol. The van der Waals surface area contributed by atoms with Crippen molar-refractivity contribution in [3.05, 3.63) is 60.0 Å². The molecule has 0 saturated heterocycles. The Labute approximate surface area is 216 Å². The van der Waals surface area contributed by atoms with Crippen molar-refractivity contribution in [3.8, 4) is 18.1 Å². The highest BCUT2D eigenvalue weighted by atomic mass is 32.2. The van der Waals surface area contributed by atoms with Gasteiger partial charge in [-0.3, -0.25) is 4.79 Å². The van der Waals surface area contributed by atoms with E-state index in [4.69, 9.17) is 11.2 Å². The topological polar surface area (TPSA) is 122 Å². The van der Waals surface area contributed by atoms with Gasteiger partial charge in [-0.05, 0) is 48.9 Å². The number of rotatable bonds is 9. The van der Waals surface area contributed by atoms with Crippen molar-refractivity contribution in [1.29, 1.82) is 0 Å². The molecule has 11 heteroatoms. The van der Waals surface area contributed by atoms with Crippen molar-refractivity contribution < 1.29 is 26.6 Å². The SMILES string of the molecule is C.C.C#CCOc1ccc(Nc2nc(Nc3ccc(C)c(S(=O)(=O)NC(=O)CC)c3)ncc2F)cc1.[HH].[HH].[HH]. The summed E-state index contributed by atoms with van der Waals surface area (Å²) < 4.78 is 46.7. The summed E-state index contributed by atoms with van der Waals surface area (Å²) in [6.45, 7) is 3.29. The Bertz CT molecular complexity index is 1350. The normalized spacial score (nSPS) is 10.2. The fourth-order valence-electron chi connectivity index (χ4n) is 2.78. The third-order valence-corrected chi connectivity index (χ3v) is 6.00. The molecule has 1 heterocycles. The minimum Gasteiger partial charge on any atom is -0.481 e. The molecule has 0 aliphatic heterocycles. The van der Waals surface area contributed by atoms with Crippen LogP contribution in [0.3, 0.4) is 0 Å². The highest BCUT2D eigenvalue weighted by Crippen LogP contribution is 2.25. The van der Waals surface area contributed by atoms with E-state index < -0.39 is 21.7 Å². The molecule has 0 bridgehead atoms. The Morgan fingerprint density at radius 1 is 1.14 bits per heavy atom. The summed E-state index contributed by atoms with van der Waals surface area (Å²) in [5.74, 6) is 1.56. The number of benzene rings is 2. The van der Waals surface area contributed by atoms with E-state index >= 15 is 0 Å². The van der Waals surface area contributed by atoms with Crippen LogP contribution in [0.2, 0.25) is 0 Å². The molecule has 0 unspecified atom stereocenters. The molecule has 0 spiro atoms. The Balaban J connectivity index is -0.00000259. The highest BCUT2D eigenvalue weighted by molar-refractivity contribution is 7.90. The molecule has 0 aliphatic rings. The molecule has 0 saturated carbocycles. The predicted octanol–water partition coefficient (Wildman–Crippen LogP) is 5.65. The first-order chi connectivity index (χ1) is 16.2. The van der Waals surface area contributed by atoms with E-state index in [0.717, 1.165) is 6.20 Å². The third-order valence-electron chi connectivity index (χ3n) is 4.49. The third kappa shape index (κ3) is 7.68. The molecule has 0 atom stereocenters. The molecule has 3 rings (SSSR count). The van der Waals surface area contributed by atoms with E-state index in [0.29, 0.717) is 22.7 Å².